The lowest BCUT2D eigenvalue weighted by Crippen LogP contribution is -2.30. The number of esters is 3. The summed E-state index contributed by atoms with van der Waals surface area (Å²) in [4.78, 5) is 38.3. The van der Waals surface area contributed by atoms with Gasteiger partial charge in [0.05, 0.1) is 0 Å². The van der Waals surface area contributed by atoms with E-state index in [0.29, 0.717) is 19.3 Å². The summed E-state index contributed by atoms with van der Waals surface area (Å²) in [7, 11) is 0. The van der Waals surface area contributed by atoms with Gasteiger partial charge in [0, 0.05) is 19.3 Å². The maximum atomic E-state index is 12.9. The Balaban J connectivity index is 4.41. The molecule has 6 heteroatoms. The van der Waals surface area contributed by atoms with Crippen LogP contribution in [-0.4, -0.2) is 37.2 Å². The first-order valence-electron chi connectivity index (χ1n) is 32.2. The predicted octanol–water partition coefficient (Wildman–Crippen LogP) is 22.2. The van der Waals surface area contributed by atoms with E-state index in [1.165, 1.54) is 96.3 Å². The molecular formula is C72H118O6. The van der Waals surface area contributed by atoms with Crippen molar-refractivity contribution in [1.29, 1.82) is 0 Å². The highest BCUT2D eigenvalue weighted by Gasteiger charge is 2.19. The second kappa shape index (κ2) is 65.1. The van der Waals surface area contributed by atoms with Gasteiger partial charge < -0.3 is 14.2 Å². The van der Waals surface area contributed by atoms with Gasteiger partial charge in [-0.1, -0.05) is 257 Å². The van der Waals surface area contributed by atoms with Gasteiger partial charge >= 0.3 is 17.9 Å². The van der Waals surface area contributed by atoms with Gasteiger partial charge in [0.25, 0.3) is 0 Å². The number of allylic oxidation sites excluding steroid dienone is 22. The van der Waals surface area contributed by atoms with E-state index in [0.717, 1.165) is 148 Å². The summed E-state index contributed by atoms with van der Waals surface area (Å²) < 4.78 is 16.9. The van der Waals surface area contributed by atoms with Gasteiger partial charge in [-0.25, -0.2) is 0 Å². The van der Waals surface area contributed by atoms with Crippen LogP contribution in [0, 0.1) is 0 Å². The van der Waals surface area contributed by atoms with Gasteiger partial charge in [-0.3, -0.25) is 14.4 Å². The van der Waals surface area contributed by atoms with E-state index in [2.05, 4.69) is 154 Å². The van der Waals surface area contributed by atoms with E-state index in [-0.39, 0.29) is 31.1 Å². The van der Waals surface area contributed by atoms with Crippen molar-refractivity contribution in [2.45, 2.75) is 290 Å². The number of unbranched alkanes of at least 4 members (excludes halogenated alkanes) is 24. The zero-order chi connectivity index (χ0) is 56.4. The van der Waals surface area contributed by atoms with Crippen LogP contribution in [0.4, 0.5) is 0 Å². The minimum Gasteiger partial charge on any atom is -0.462 e. The van der Waals surface area contributed by atoms with Crippen LogP contribution in [0.3, 0.4) is 0 Å². The van der Waals surface area contributed by atoms with E-state index < -0.39 is 6.10 Å². The molecule has 78 heavy (non-hydrogen) atoms. The van der Waals surface area contributed by atoms with Crippen LogP contribution in [0.15, 0.2) is 134 Å². The van der Waals surface area contributed by atoms with Crippen molar-refractivity contribution in [3.63, 3.8) is 0 Å². The fraction of sp³-hybridized carbons (Fsp3) is 0.653. The predicted molar refractivity (Wildman–Crippen MR) is 339 cm³/mol. The minimum absolute atomic E-state index is 0.0967. The number of carbonyl (C=O) groups is 3. The van der Waals surface area contributed by atoms with Crippen LogP contribution in [0.2, 0.25) is 0 Å². The Morgan fingerprint density at radius 2 is 0.500 bits per heavy atom. The fourth-order valence-electron chi connectivity index (χ4n) is 8.54. The lowest BCUT2D eigenvalue weighted by molar-refractivity contribution is -0.167. The molecule has 0 N–H and O–H groups in total. The molecule has 0 saturated heterocycles. The highest BCUT2D eigenvalue weighted by Crippen LogP contribution is 2.14. The first-order chi connectivity index (χ1) is 38.5. The molecule has 0 aliphatic heterocycles. The smallest absolute Gasteiger partial charge is 0.306 e. The minimum atomic E-state index is -0.802. The molecule has 0 saturated carbocycles. The van der Waals surface area contributed by atoms with Gasteiger partial charge in [0.2, 0.25) is 0 Å². The molecule has 0 aromatic rings. The summed E-state index contributed by atoms with van der Waals surface area (Å²) in [5, 5.41) is 0. The molecule has 0 aliphatic carbocycles. The molecule has 0 aromatic heterocycles. The SMILES string of the molecule is CC/C=C\C/C=C\C/C=C\C/C=C\C/C=C\C/C=C\C/C=C\C/C=C\CCCCCCC(=O)OCC(COC(=O)CCCCCCC/C=C\CCCCCCC)OC(=O)CCCCCCCCC/C=C\C/C=C\CCCCC. The molecule has 6 nitrogen and oxygen atoms in total. The first-order valence-corrected chi connectivity index (χ1v) is 32.2. The lowest BCUT2D eigenvalue weighted by atomic mass is 10.1. The van der Waals surface area contributed by atoms with E-state index in [1.54, 1.807) is 0 Å². The van der Waals surface area contributed by atoms with Crippen molar-refractivity contribution in [1.82, 2.24) is 0 Å². The van der Waals surface area contributed by atoms with Crippen molar-refractivity contribution >= 4 is 17.9 Å². The van der Waals surface area contributed by atoms with E-state index in [9.17, 15) is 14.4 Å². The van der Waals surface area contributed by atoms with E-state index >= 15 is 0 Å². The molecule has 0 heterocycles. The monoisotopic (exact) mass is 1080 g/mol. The molecule has 0 aromatic carbocycles. The van der Waals surface area contributed by atoms with Gasteiger partial charge in [-0.15, -0.1) is 0 Å². The summed E-state index contributed by atoms with van der Waals surface area (Å²) in [6.45, 7) is 6.46. The van der Waals surface area contributed by atoms with Crippen molar-refractivity contribution in [2.75, 3.05) is 13.2 Å². The summed E-state index contributed by atoms with van der Waals surface area (Å²) >= 11 is 0. The first kappa shape index (κ1) is 73.5. The van der Waals surface area contributed by atoms with Crippen LogP contribution >= 0.6 is 0 Å². The number of carbonyl (C=O) groups excluding carboxylic acids is 3. The largest absolute Gasteiger partial charge is 0.462 e. The normalized spacial score (nSPS) is 13.0. The highest BCUT2D eigenvalue weighted by atomic mass is 16.6. The Hall–Kier alpha value is -4.45. The molecule has 0 spiro atoms. The molecule has 0 rings (SSSR count). The molecule has 0 aliphatic rings. The summed E-state index contributed by atoms with van der Waals surface area (Å²) in [5.41, 5.74) is 0. The Bertz CT molecular complexity index is 1670. The third kappa shape index (κ3) is 62.4. The number of rotatable bonds is 57. The molecule has 0 fully saturated rings. The van der Waals surface area contributed by atoms with Crippen molar-refractivity contribution in [3.8, 4) is 0 Å². The molecule has 442 valence electrons. The Morgan fingerprint density at radius 3 is 0.821 bits per heavy atom. The maximum absolute atomic E-state index is 12.9. The summed E-state index contributed by atoms with van der Waals surface area (Å²) in [5.74, 6) is -0.937. The number of hydrogen-bond acceptors (Lipinski definition) is 6. The van der Waals surface area contributed by atoms with E-state index in [1.807, 2.05) is 0 Å². The molecule has 0 radical (unpaired) electrons. The van der Waals surface area contributed by atoms with Crippen molar-refractivity contribution in [3.05, 3.63) is 134 Å². The van der Waals surface area contributed by atoms with Crippen molar-refractivity contribution < 1.29 is 28.6 Å². The maximum Gasteiger partial charge on any atom is 0.306 e. The molecule has 1 atom stereocenters. The highest BCUT2D eigenvalue weighted by molar-refractivity contribution is 5.71. The second-order valence-corrected chi connectivity index (χ2v) is 20.9. The zero-order valence-electron chi connectivity index (χ0n) is 50.6. The quantitative estimate of drug-likeness (QED) is 0.0261. The van der Waals surface area contributed by atoms with Crippen LogP contribution < -0.4 is 0 Å². The molecule has 0 bridgehead atoms. The lowest BCUT2D eigenvalue weighted by Gasteiger charge is -2.18. The molecule has 0 amide bonds. The number of ether oxygens (including phenoxy) is 3. The Morgan fingerprint density at radius 1 is 0.269 bits per heavy atom. The van der Waals surface area contributed by atoms with Crippen LogP contribution in [-0.2, 0) is 28.6 Å². The molecule has 1 unspecified atom stereocenters. The molecular weight excluding hydrogens is 961 g/mol. The van der Waals surface area contributed by atoms with Crippen molar-refractivity contribution in [2.24, 2.45) is 0 Å². The average molecular weight is 1080 g/mol. The fourth-order valence-corrected chi connectivity index (χ4v) is 8.54. The van der Waals surface area contributed by atoms with Gasteiger partial charge in [-0.2, -0.15) is 0 Å². The Labute approximate surface area is 481 Å². The third-order valence-electron chi connectivity index (χ3n) is 13.4. The zero-order valence-corrected chi connectivity index (χ0v) is 50.6. The van der Waals surface area contributed by atoms with Crippen LogP contribution in [0.1, 0.15) is 284 Å². The number of hydrogen-bond donors (Lipinski definition) is 0. The second-order valence-electron chi connectivity index (χ2n) is 20.9. The van der Waals surface area contributed by atoms with Gasteiger partial charge in [0.1, 0.15) is 13.2 Å². The average Bonchev–Trinajstić information content (AvgIpc) is 3.44. The van der Waals surface area contributed by atoms with E-state index in [4.69, 9.17) is 14.2 Å². The standard InChI is InChI=1S/C72H118O6/c1-4-7-10-13-16-19-22-25-28-30-31-32-33-34-35-36-37-38-39-40-41-43-44-47-50-53-56-59-62-65-71(74)77-68-69(67-76-70(73)64-61-58-55-52-49-46-27-24-21-18-15-12-9-6-3)78-72(75)66-63-60-57-54-51-48-45-42-29-26-23-20-17-14-11-8-5-2/h7,10,16-17,19-20,24-29,31-32,34-35,37-38,40-41,44,47,69H,4-6,8-9,11-15,18,21-23,30,33,36,39,42-43,45-46,48-68H2,1-3H3/b10-7-,19-16-,20-17-,27-24-,28-25-,29-26-,32-31-,35-34-,38-37-,41-40-,47-44-. The van der Waals surface area contributed by atoms with Gasteiger partial charge in [-0.05, 0) is 141 Å². The third-order valence-corrected chi connectivity index (χ3v) is 13.4. The topological polar surface area (TPSA) is 78.9 Å². The van der Waals surface area contributed by atoms with Crippen LogP contribution in [0.25, 0.3) is 0 Å². The van der Waals surface area contributed by atoms with Crippen LogP contribution in [0.5, 0.6) is 0 Å². The Kier molecular flexibility index (Phi) is 61.4. The van der Waals surface area contributed by atoms with Gasteiger partial charge in [0.15, 0.2) is 6.10 Å². The summed E-state index contributed by atoms with van der Waals surface area (Å²) in [6, 6.07) is 0. The summed E-state index contributed by atoms with van der Waals surface area (Å²) in [6.07, 6.45) is 91.6.